The van der Waals surface area contributed by atoms with Gasteiger partial charge in [0.05, 0.1) is 0 Å². The number of rotatable bonds is 2. The zero-order chi connectivity index (χ0) is 6.91. The Morgan fingerprint density at radius 2 is 2.33 bits per heavy atom. The number of carbonyl (C=O) groups excluding carboxylic acids is 1. The van der Waals surface area contributed by atoms with Gasteiger partial charge in [0.2, 0.25) is 5.91 Å². The molecule has 0 radical (unpaired) electrons. The van der Waals surface area contributed by atoms with Crippen molar-refractivity contribution in [3.05, 3.63) is 12.7 Å². The molecule has 1 aliphatic carbocycles. The average molecular weight is 125 g/mol. The molecule has 50 valence electrons. The van der Waals surface area contributed by atoms with Crippen molar-refractivity contribution in [3.8, 4) is 0 Å². The van der Waals surface area contributed by atoms with Gasteiger partial charge in [-0.25, -0.2) is 0 Å². The van der Waals surface area contributed by atoms with Crippen LogP contribution in [0.1, 0.15) is 19.8 Å². The fourth-order valence-corrected chi connectivity index (χ4v) is 0.661. The minimum atomic E-state index is -0.0602. The number of hydrogen-bond acceptors (Lipinski definition) is 1. The zero-order valence-electron chi connectivity index (χ0n) is 5.61. The Balaban J connectivity index is 2.33. The molecule has 0 unspecified atom stereocenters. The largest absolute Gasteiger partial charge is 0.347 e. The van der Waals surface area contributed by atoms with Crippen molar-refractivity contribution in [2.75, 3.05) is 0 Å². The molecule has 2 heteroatoms. The van der Waals surface area contributed by atoms with E-state index in [1.807, 2.05) is 6.92 Å². The van der Waals surface area contributed by atoms with Gasteiger partial charge in [-0.3, -0.25) is 4.79 Å². The van der Waals surface area contributed by atoms with Crippen LogP contribution in [-0.4, -0.2) is 11.4 Å². The third-order valence-electron chi connectivity index (χ3n) is 1.61. The van der Waals surface area contributed by atoms with Crippen LogP contribution in [0.3, 0.4) is 0 Å². The van der Waals surface area contributed by atoms with Gasteiger partial charge in [-0.15, -0.1) is 0 Å². The maximum absolute atomic E-state index is 10.6. The fraction of sp³-hybridized carbons (Fsp3) is 0.571. The van der Waals surface area contributed by atoms with Crippen LogP contribution in [0.2, 0.25) is 0 Å². The predicted octanol–water partition coefficient (Wildman–Crippen LogP) is 0.841. The highest BCUT2D eigenvalue weighted by molar-refractivity contribution is 5.87. The first-order valence-electron chi connectivity index (χ1n) is 3.11. The quantitative estimate of drug-likeness (QED) is 0.544. The monoisotopic (exact) mass is 125 g/mol. The topological polar surface area (TPSA) is 29.1 Å². The van der Waals surface area contributed by atoms with Crippen molar-refractivity contribution in [3.63, 3.8) is 0 Å². The molecule has 0 heterocycles. The molecule has 0 aliphatic heterocycles. The summed E-state index contributed by atoms with van der Waals surface area (Å²) in [4.78, 5) is 10.6. The number of hydrogen-bond donors (Lipinski definition) is 1. The first-order chi connectivity index (χ1) is 4.16. The molecule has 0 aromatic carbocycles. The first-order valence-corrected chi connectivity index (χ1v) is 3.11. The lowest BCUT2D eigenvalue weighted by molar-refractivity contribution is -0.117. The highest BCUT2D eigenvalue weighted by Gasteiger charge is 2.37. The summed E-state index contributed by atoms with van der Waals surface area (Å²) in [5, 5.41) is 2.82. The highest BCUT2D eigenvalue weighted by Crippen LogP contribution is 2.33. The number of carbonyl (C=O) groups is 1. The minimum absolute atomic E-state index is 0.0602. The summed E-state index contributed by atoms with van der Waals surface area (Å²) in [7, 11) is 0. The molecule has 1 amide bonds. The van der Waals surface area contributed by atoms with Crippen molar-refractivity contribution in [1.82, 2.24) is 5.32 Å². The van der Waals surface area contributed by atoms with Crippen LogP contribution in [-0.2, 0) is 4.79 Å². The Hall–Kier alpha value is -0.790. The normalized spacial score (nSPS) is 20.6. The van der Waals surface area contributed by atoms with Gasteiger partial charge in [0.25, 0.3) is 0 Å². The van der Waals surface area contributed by atoms with Crippen molar-refractivity contribution >= 4 is 5.91 Å². The second-order valence-electron chi connectivity index (χ2n) is 2.75. The van der Waals surface area contributed by atoms with Gasteiger partial charge in [0.15, 0.2) is 0 Å². The molecule has 0 aromatic rings. The van der Waals surface area contributed by atoms with Crippen LogP contribution in [0.25, 0.3) is 0 Å². The Bertz CT molecular complexity index is 147. The predicted molar refractivity (Wildman–Crippen MR) is 36.0 cm³/mol. The van der Waals surface area contributed by atoms with E-state index in [1.165, 1.54) is 6.08 Å². The van der Waals surface area contributed by atoms with Crippen LogP contribution in [0.4, 0.5) is 0 Å². The van der Waals surface area contributed by atoms with Crippen molar-refractivity contribution in [1.29, 1.82) is 0 Å². The lowest BCUT2D eigenvalue weighted by Gasteiger charge is -2.07. The summed E-state index contributed by atoms with van der Waals surface area (Å²) in [5.74, 6) is -0.0602. The molecule has 1 rings (SSSR count). The Kier molecular flexibility index (Phi) is 1.31. The Morgan fingerprint density at radius 3 is 2.67 bits per heavy atom. The third-order valence-corrected chi connectivity index (χ3v) is 1.61. The van der Waals surface area contributed by atoms with E-state index in [9.17, 15) is 4.79 Å². The SMILES string of the molecule is C=CC(=O)NC1(C)CC1. The van der Waals surface area contributed by atoms with Gasteiger partial charge in [0.1, 0.15) is 0 Å². The lowest BCUT2D eigenvalue weighted by Crippen LogP contribution is -2.32. The zero-order valence-corrected chi connectivity index (χ0v) is 5.61. The Labute approximate surface area is 54.9 Å². The molecule has 0 bridgehead atoms. The van der Waals surface area contributed by atoms with E-state index in [2.05, 4.69) is 11.9 Å². The summed E-state index contributed by atoms with van der Waals surface area (Å²) in [6.45, 7) is 5.40. The molecule has 0 aromatic heterocycles. The molecule has 0 atom stereocenters. The smallest absolute Gasteiger partial charge is 0.243 e. The molecule has 0 saturated heterocycles. The lowest BCUT2D eigenvalue weighted by atomic mass is 10.3. The van der Waals surface area contributed by atoms with Gasteiger partial charge in [-0.1, -0.05) is 6.58 Å². The summed E-state index contributed by atoms with van der Waals surface area (Å²) in [6, 6.07) is 0. The van der Waals surface area contributed by atoms with Gasteiger partial charge < -0.3 is 5.32 Å². The maximum atomic E-state index is 10.6. The van der Waals surface area contributed by atoms with E-state index >= 15 is 0 Å². The second kappa shape index (κ2) is 1.87. The maximum Gasteiger partial charge on any atom is 0.243 e. The van der Waals surface area contributed by atoms with Crippen molar-refractivity contribution < 1.29 is 4.79 Å². The molecular formula is C7H11NO. The van der Waals surface area contributed by atoms with E-state index in [4.69, 9.17) is 0 Å². The second-order valence-corrected chi connectivity index (χ2v) is 2.75. The summed E-state index contributed by atoms with van der Waals surface area (Å²) >= 11 is 0. The van der Waals surface area contributed by atoms with E-state index in [-0.39, 0.29) is 11.4 Å². The van der Waals surface area contributed by atoms with Gasteiger partial charge in [0, 0.05) is 5.54 Å². The van der Waals surface area contributed by atoms with Crippen LogP contribution in [0, 0.1) is 0 Å². The van der Waals surface area contributed by atoms with Gasteiger partial charge in [-0.2, -0.15) is 0 Å². The first kappa shape index (κ1) is 6.33. The van der Waals surface area contributed by atoms with Gasteiger partial charge in [-0.05, 0) is 25.8 Å². The molecular weight excluding hydrogens is 114 g/mol. The molecule has 9 heavy (non-hydrogen) atoms. The van der Waals surface area contributed by atoms with Crippen LogP contribution < -0.4 is 5.32 Å². The van der Waals surface area contributed by atoms with E-state index in [0.717, 1.165) is 12.8 Å². The molecule has 1 fully saturated rings. The van der Waals surface area contributed by atoms with Crippen LogP contribution in [0.15, 0.2) is 12.7 Å². The van der Waals surface area contributed by atoms with Crippen molar-refractivity contribution in [2.45, 2.75) is 25.3 Å². The minimum Gasteiger partial charge on any atom is -0.347 e. The van der Waals surface area contributed by atoms with E-state index < -0.39 is 0 Å². The Morgan fingerprint density at radius 1 is 1.78 bits per heavy atom. The summed E-state index contributed by atoms with van der Waals surface area (Å²) < 4.78 is 0. The van der Waals surface area contributed by atoms with Gasteiger partial charge >= 0.3 is 0 Å². The third kappa shape index (κ3) is 1.56. The average Bonchev–Trinajstić information content (AvgIpc) is 2.48. The molecule has 2 nitrogen and oxygen atoms in total. The molecule has 0 spiro atoms. The van der Waals surface area contributed by atoms with E-state index in [0.29, 0.717) is 0 Å². The molecule has 1 saturated carbocycles. The highest BCUT2D eigenvalue weighted by atomic mass is 16.1. The fourth-order valence-electron chi connectivity index (χ4n) is 0.661. The number of nitrogens with one attached hydrogen (secondary N) is 1. The standard InChI is InChI=1S/C7H11NO/c1-3-6(9)8-7(2)4-5-7/h3H,1,4-5H2,2H3,(H,8,9). The van der Waals surface area contributed by atoms with Crippen LogP contribution in [0.5, 0.6) is 0 Å². The number of amides is 1. The van der Waals surface area contributed by atoms with E-state index in [1.54, 1.807) is 0 Å². The summed E-state index contributed by atoms with van der Waals surface area (Å²) in [5.41, 5.74) is 0.102. The molecule has 1 aliphatic rings. The van der Waals surface area contributed by atoms with Crippen molar-refractivity contribution in [2.24, 2.45) is 0 Å². The van der Waals surface area contributed by atoms with Crippen LogP contribution >= 0.6 is 0 Å². The summed E-state index contributed by atoms with van der Waals surface area (Å²) in [6.07, 6.45) is 3.52. The molecule has 1 N–H and O–H groups in total.